The molecule has 1 saturated heterocycles. The Balaban J connectivity index is 1.24. The summed E-state index contributed by atoms with van der Waals surface area (Å²) in [6, 6.07) is 15.5. The van der Waals surface area contributed by atoms with Crippen LogP contribution in [0.25, 0.3) is 11.0 Å². The molecule has 4 aromatic rings. The summed E-state index contributed by atoms with van der Waals surface area (Å²) in [5.41, 5.74) is 6.39. The number of fused-ring (bicyclic) bond motifs is 1. The maximum atomic E-state index is 12.8. The number of aromatic nitrogens is 4. The second kappa shape index (κ2) is 9.17. The predicted octanol–water partition coefficient (Wildman–Crippen LogP) is 3.51. The van der Waals surface area contributed by atoms with Crippen LogP contribution < -0.4 is 5.32 Å². The molecule has 2 aromatic carbocycles. The van der Waals surface area contributed by atoms with Gasteiger partial charge in [-0.3, -0.25) is 14.4 Å². The Morgan fingerprint density at radius 1 is 1.06 bits per heavy atom. The molecule has 0 unspecified atom stereocenters. The molecule has 1 aliphatic heterocycles. The Labute approximate surface area is 192 Å². The first-order chi connectivity index (χ1) is 16.0. The van der Waals surface area contributed by atoms with Crippen molar-refractivity contribution in [2.24, 2.45) is 0 Å². The van der Waals surface area contributed by atoms with Crippen molar-refractivity contribution in [3.8, 4) is 0 Å². The number of aryl methyl sites for hydroxylation is 2. The first kappa shape index (κ1) is 21.4. The monoisotopic (exact) mass is 444 g/mol. The van der Waals surface area contributed by atoms with Crippen molar-refractivity contribution in [2.45, 2.75) is 26.9 Å². The molecule has 0 spiro atoms. The third-order valence-electron chi connectivity index (χ3n) is 5.92. The van der Waals surface area contributed by atoms with Crippen LogP contribution in [0.3, 0.4) is 0 Å². The van der Waals surface area contributed by atoms with E-state index in [2.05, 4.69) is 31.3 Å². The van der Waals surface area contributed by atoms with E-state index in [1.165, 1.54) is 0 Å². The average Bonchev–Trinajstić information content (AvgIpc) is 3.35. The smallest absolute Gasteiger partial charge is 0.255 e. The van der Waals surface area contributed by atoms with Crippen molar-refractivity contribution < 1.29 is 9.53 Å². The Morgan fingerprint density at radius 2 is 1.85 bits per heavy atom. The van der Waals surface area contributed by atoms with Crippen LogP contribution >= 0.6 is 0 Å². The Kier molecular flexibility index (Phi) is 5.93. The number of hydrogen-bond acceptors (Lipinski definition) is 5. The van der Waals surface area contributed by atoms with Crippen molar-refractivity contribution >= 4 is 22.6 Å². The van der Waals surface area contributed by atoms with Gasteiger partial charge >= 0.3 is 0 Å². The second-order valence-corrected chi connectivity index (χ2v) is 8.54. The highest BCUT2D eigenvalue weighted by molar-refractivity contribution is 6.05. The van der Waals surface area contributed by atoms with Gasteiger partial charge in [0.2, 0.25) is 0 Å². The number of nitrogens with zero attached hydrogens (tertiary/aromatic N) is 4. The van der Waals surface area contributed by atoms with E-state index in [1.807, 2.05) is 61.0 Å². The summed E-state index contributed by atoms with van der Waals surface area (Å²) in [6.07, 6.45) is 0. The van der Waals surface area contributed by atoms with Gasteiger partial charge in [-0.25, -0.2) is 4.98 Å². The molecule has 8 heteroatoms. The lowest BCUT2D eigenvalue weighted by molar-refractivity contribution is 0.0332. The number of carbonyl (C=O) groups excluding carboxylic acids is 1. The third kappa shape index (κ3) is 4.97. The molecule has 0 saturated carbocycles. The summed E-state index contributed by atoms with van der Waals surface area (Å²) in [5.74, 6) is 0.786. The van der Waals surface area contributed by atoms with E-state index >= 15 is 0 Å². The fourth-order valence-electron chi connectivity index (χ4n) is 4.16. The van der Waals surface area contributed by atoms with Gasteiger partial charge in [0.1, 0.15) is 5.82 Å². The quantitative estimate of drug-likeness (QED) is 0.475. The van der Waals surface area contributed by atoms with Gasteiger partial charge in [0.25, 0.3) is 5.91 Å². The number of benzene rings is 2. The van der Waals surface area contributed by atoms with E-state index in [-0.39, 0.29) is 5.91 Å². The SMILES string of the molecule is Cc1cc(C)n(Cc2ccc(C(=O)Nc3ccc4nc(CN5CCOCC5)[nH]c4c3)cc2)n1. The minimum absolute atomic E-state index is 0.139. The fraction of sp³-hybridized carbons (Fsp3) is 0.320. The average molecular weight is 445 g/mol. The maximum Gasteiger partial charge on any atom is 0.255 e. The van der Waals surface area contributed by atoms with Crippen LogP contribution in [0.15, 0.2) is 48.5 Å². The molecule has 5 rings (SSSR count). The molecule has 170 valence electrons. The number of imidazole rings is 1. The van der Waals surface area contributed by atoms with Gasteiger partial charge in [-0.2, -0.15) is 5.10 Å². The number of H-pyrrole nitrogens is 1. The third-order valence-corrected chi connectivity index (χ3v) is 5.92. The Morgan fingerprint density at radius 3 is 2.58 bits per heavy atom. The fourth-order valence-corrected chi connectivity index (χ4v) is 4.16. The molecular formula is C25H28N6O2. The lowest BCUT2D eigenvalue weighted by Crippen LogP contribution is -2.35. The molecule has 1 fully saturated rings. The largest absolute Gasteiger partial charge is 0.379 e. The highest BCUT2D eigenvalue weighted by Gasteiger charge is 2.14. The number of amides is 1. The van der Waals surface area contributed by atoms with Crippen LogP contribution in [0.1, 0.15) is 33.1 Å². The van der Waals surface area contributed by atoms with Crippen molar-refractivity contribution in [1.29, 1.82) is 0 Å². The van der Waals surface area contributed by atoms with Crippen LogP contribution in [0.4, 0.5) is 5.69 Å². The number of anilines is 1. The van der Waals surface area contributed by atoms with Gasteiger partial charge in [-0.15, -0.1) is 0 Å². The molecule has 33 heavy (non-hydrogen) atoms. The van der Waals surface area contributed by atoms with Crippen molar-refractivity contribution in [3.05, 3.63) is 76.9 Å². The van der Waals surface area contributed by atoms with Crippen LogP contribution in [0.5, 0.6) is 0 Å². The van der Waals surface area contributed by atoms with Gasteiger partial charge < -0.3 is 15.0 Å². The van der Waals surface area contributed by atoms with Crippen LogP contribution in [0.2, 0.25) is 0 Å². The lowest BCUT2D eigenvalue weighted by Gasteiger charge is -2.25. The highest BCUT2D eigenvalue weighted by atomic mass is 16.5. The topological polar surface area (TPSA) is 88.1 Å². The van der Waals surface area contributed by atoms with Gasteiger partial charge in [0.15, 0.2) is 0 Å². The molecule has 1 amide bonds. The van der Waals surface area contributed by atoms with E-state index in [9.17, 15) is 4.79 Å². The number of aromatic amines is 1. The Hall–Kier alpha value is -3.49. The molecule has 2 N–H and O–H groups in total. The van der Waals surface area contributed by atoms with E-state index in [1.54, 1.807) is 0 Å². The zero-order chi connectivity index (χ0) is 22.8. The summed E-state index contributed by atoms with van der Waals surface area (Å²) in [7, 11) is 0. The molecule has 0 atom stereocenters. The molecule has 3 heterocycles. The summed E-state index contributed by atoms with van der Waals surface area (Å²) >= 11 is 0. The molecule has 0 radical (unpaired) electrons. The van der Waals surface area contributed by atoms with Gasteiger partial charge in [0, 0.05) is 30.0 Å². The molecular weight excluding hydrogens is 416 g/mol. The standard InChI is InChI=1S/C25H28N6O2/c1-17-13-18(2)31(29-17)15-19-3-5-20(6-4-19)25(32)26-21-7-8-22-23(14-21)28-24(27-22)16-30-9-11-33-12-10-30/h3-8,13-14H,9-12,15-16H2,1-2H3,(H,26,32)(H,27,28). The lowest BCUT2D eigenvalue weighted by atomic mass is 10.1. The number of rotatable bonds is 6. The van der Waals surface area contributed by atoms with Gasteiger partial charge in [-0.05, 0) is 55.8 Å². The van der Waals surface area contributed by atoms with Crippen molar-refractivity contribution in [2.75, 3.05) is 31.6 Å². The zero-order valence-corrected chi connectivity index (χ0v) is 19.0. The first-order valence-electron chi connectivity index (χ1n) is 11.2. The normalized spacial score (nSPS) is 14.6. The van der Waals surface area contributed by atoms with Gasteiger partial charge in [-0.1, -0.05) is 12.1 Å². The zero-order valence-electron chi connectivity index (χ0n) is 19.0. The van der Waals surface area contributed by atoms with E-state index in [4.69, 9.17) is 4.74 Å². The number of nitrogens with one attached hydrogen (secondary N) is 2. The van der Waals surface area contributed by atoms with Crippen LogP contribution in [-0.2, 0) is 17.8 Å². The Bertz CT molecular complexity index is 1270. The second-order valence-electron chi connectivity index (χ2n) is 8.54. The minimum Gasteiger partial charge on any atom is -0.379 e. The predicted molar refractivity (Wildman–Crippen MR) is 127 cm³/mol. The number of hydrogen-bond donors (Lipinski definition) is 2. The van der Waals surface area contributed by atoms with Crippen molar-refractivity contribution in [1.82, 2.24) is 24.6 Å². The maximum absolute atomic E-state index is 12.8. The summed E-state index contributed by atoms with van der Waals surface area (Å²) in [6.45, 7) is 8.84. The number of ether oxygens (including phenoxy) is 1. The first-order valence-corrected chi connectivity index (χ1v) is 11.2. The van der Waals surface area contributed by atoms with Crippen LogP contribution in [-0.4, -0.2) is 56.9 Å². The number of carbonyl (C=O) groups is 1. The molecule has 2 aromatic heterocycles. The minimum atomic E-state index is -0.139. The molecule has 1 aliphatic rings. The molecule has 0 aliphatic carbocycles. The summed E-state index contributed by atoms with van der Waals surface area (Å²) in [4.78, 5) is 23.2. The van der Waals surface area contributed by atoms with Crippen molar-refractivity contribution in [3.63, 3.8) is 0 Å². The van der Waals surface area contributed by atoms with E-state index in [0.717, 1.165) is 72.3 Å². The number of morpholine rings is 1. The molecule has 0 bridgehead atoms. The van der Waals surface area contributed by atoms with Crippen LogP contribution in [0, 0.1) is 13.8 Å². The van der Waals surface area contributed by atoms with Gasteiger partial charge in [0.05, 0.1) is 43.0 Å². The summed E-state index contributed by atoms with van der Waals surface area (Å²) < 4.78 is 7.38. The molecule has 8 nitrogen and oxygen atoms in total. The highest BCUT2D eigenvalue weighted by Crippen LogP contribution is 2.19. The summed E-state index contributed by atoms with van der Waals surface area (Å²) in [5, 5.41) is 7.49. The van der Waals surface area contributed by atoms with E-state index in [0.29, 0.717) is 12.1 Å². The van der Waals surface area contributed by atoms with E-state index < -0.39 is 0 Å².